The summed E-state index contributed by atoms with van der Waals surface area (Å²) in [6, 6.07) is 7.18. The van der Waals surface area contributed by atoms with Crippen LogP contribution in [0.25, 0.3) is 6.08 Å². The van der Waals surface area contributed by atoms with Crippen molar-refractivity contribution in [2.45, 2.75) is 13.8 Å². The zero-order valence-corrected chi connectivity index (χ0v) is 13.6. The van der Waals surface area contributed by atoms with Gasteiger partial charge in [0.1, 0.15) is 0 Å². The summed E-state index contributed by atoms with van der Waals surface area (Å²) in [5.41, 5.74) is 6.58. The molecule has 0 fully saturated rings. The van der Waals surface area contributed by atoms with Crippen molar-refractivity contribution in [3.63, 3.8) is 0 Å². The van der Waals surface area contributed by atoms with Gasteiger partial charge in [-0.25, -0.2) is 4.98 Å². The van der Waals surface area contributed by atoms with Crippen LogP contribution in [0.5, 0.6) is 0 Å². The number of anilines is 1. The Morgan fingerprint density at radius 1 is 1.27 bits per heavy atom. The second kappa shape index (κ2) is 7.20. The summed E-state index contributed by atoms with van der Waals surface area (Å²) >= 11 is 7.00. The van der Waals surface area contributed by atoms with E-state index in [9.17, 15) is 9.59 Å². The first-order valence-electron chi connectivity index (χ1n) is 6.43. The Hall–Kier alpha value is -2.18. The highest BCUT2D eigenvalue weighted by atomic mass is 35.5. The Morgan fingerprint density at radius 3 is 2.59 bits per heavy atom. The lowest BCUT2D eigenvalue weighted by atomic mass is 10.2. The first-order valence-corrected chi connectivity index (χ1v) is 7.63. The molecule has 0 radical (unpaired) electrons. The number of nitrogens with zero attached hydrogens (tertiary/aromatic N) is 1. The minimum absolute atomic E-state index is 0.138. The summed E-state index contributed by atoms with van der Waals surface area (Å²) in [6.07, 6.45) is 3.21. The van der Waals surface area contributed by atoms with Crippen LogP contribution in [0.2, 0.25) is 5.02 Å². The molecule has 2 N–H and O–H groups in total. The summed E-state index contributed by atoms with van der Waals surface area (Å²) < 4.78 is 0. The molecule has 5 nitrogen and oxygen atoms in total. The topological polar surface area (TPSA) is 71.1 Å². The Bertz CT molecular complexity index is 723. The standard InChI is InChI=1S/C15H14ClN3O2S/c1-9-14(22-15(17-9)19-18-10(2)20)13(21)8-5-11-3-6-12(16)7-4-11/h3-8H,1-2H3,(H,17,19)(H,18,20)/b8-5+. The third kappa shape index (κ3) is 4.41. The van der Waals surface area contributed by atoms with Crippen LogP contribution in [0, 0.1) is 6.92 Å². The molecule has 7 heteroatoms. The van der Waals surface area contributed by atoms with Gasteiger partial charge in [-0.15, -0.1) is 0 Å². The molecule has 1 aromatic carbocycles. The normalized spacial score (nSPS) is 10.7. The van der Waals surface area contributed by atoms with E-state index >= 15 is 0 Å². The lowest BCUT2D eigenvalue weighted by molar-refractivity contribution is -0.118. The van der Waals surface area contributed by atoms with Crippen LogP contribution >= 0.6 is 22.9 Å². The van der Waals surface area contributed by atoms with Gasteiger partial charge in [0.25, 0.3) is 0 Å². The maximum atomic E-state index is 12.2. The van der Waals surface area contributed by atoms with Gasteiger partial charge in [0.05, 0.1) is 10.6 Å². The number of hydrogen-bond donors (Lipinski definition) is 2. The molecule has 2 aromatic rings. The van der Waals surface area contributed by atoms with Crippen molar-refractivity contribution in [1.29, 1.82) is 0 Å². The summed E-state index contributed by atoms with van der Waals surface area (Å²) in [5, 5.41) is 1.12. The number of carbonyl (C=O) groups is 2. The monoisotopic (exact) mass is 335 g/mol. The van der Waals surface area contributed by atoms with Crippen molar-refractivity contribution in [2.24, 2.45) is 0 Å². The van der Waals surface area contributed by atoms with Gasteiger partial charge in [-0.1, -0.05) is 41.1 Å². The van der Waals surface area contributed by atoms with Crippen LogP contribution in [-0.2, 0) is 4.79 Å². The number of hydrazine groups is 1. The molecule has 1 amide bonds. The number of nitrogens with one attached hydrogen (secondary N) is 2. The van der Waals surface area contributed by atoms with Gasteiger partial charge in [0.2, 0.25) is 11.0 Å². The SMILES string of the molecule is CC(=O)NNc1nc(C)c(C(=O)/C=C/c2ccc(Cl)cc2)s1. The number of aryl methyl sites for hydroxylation is 1. The summed E-state index contributed by atoms with van der Waals surface area (Å²) in [7, 11) is 0. The van der Waals surface area contributed by atoms with Crippen LogP contribution in [0.3, 0.4) is 0 Å². The molecule has 22 heavy (non-hydrogen) atoms. The Labute approximate surface area is 137 Å². The number of amides is 1. The fraction of sp³-hybridized carbons (Fsp3) is 0.133. The Kier molecular flexibility index (Phi) is 5.30. The van der Waals surface area contributed by atoms with Crippen LogP contribution in [0.4, 0.5) is 5.13 Å². The van der Waals surface area contributed by atoms with Crippen LogP contribution in [0.15, 0.2) is 30.3 Å². The molecule has 0 saturated carbocycles. The van der Waals surface area contributed by atoms with E-state index in [1.165, 1.54) is 24.3 Å². The maximum absolute atomic E-state index is 12.2. The van der Waals surface area contributed by atoms with Gasteiger partial charge in [0, 0.05) is 11.9 Å². The van der Waals surface area contributed by atoms with E-state index in [0.717, 1.165) is 5.56 Å². The number of hydrogen-bond acceptors (Lipinski definition) is 5. The van der Waals surface area contributed by atoms with Gasteiger partial charge in [0.15, 0.2) is 5.78 Å². The molecule has 0 aliphatic heterocycles. The molecular formula is C15H14ClN3O2S. The van der Waals surface area contributed by atoms with E-state index in [2.05, 4.69) is 15.8 Å². The van der Waals surface area contributed by atoms with Crippen molar-refractivity contribution in [1.82, 2.24) is 10.4 Å². The zero-order valence-electron chi connectivity index (χ0n) is 12.0. The zero-order chi connectivity index (χ0) is 16.1. The number of ketones is 1. The minimum atomic E-state index is -0.233. The highest BCUT2D eigenvalue weighted by molar-refractivity contribution is 7.17. The first-order chi connectivity index (χ1) is 10.5. The second-order valence-corrected chi connectivity index (χ2v) is 5.92. The van der Waals surface area contributed by atoms with E-state index in [1.54, 1.807) is 25.1 Å². The van der Waals surface area contributed by atoms with Crippen LogP contribution < -0.4 is 10.9 Å². The molecule has 0 unspecified atom stereocenters. The highest BCUT2D eigenvalue weighted by Crippen LogP contribution is 2.23. The van der Waals surface area contributed by atoms with Gasteiger partial charge in [-0.05, 0) is 30.7 Å². The van der Waals surface area contributed by atoms with E-state index in [-0.39, 0.29) is 11.7 Å². The van der Waals surface area contributed by atoms with E-state index in [1.807, 2.05) is 12.1 Å². The fourth-order valence-corrected chi connectivity index (χ4v) is 2.61. The predicted octanol–water partition coefficient (Wildman–Crippen LogP) is 3.46. The molecule has 0 atom stereocenters. The molecular weight excluding hydrogens is 322 g/mol. The van der Waals surface area contributed by atoms with E-state index in [0.29, 0.717) is 20.7 Å². The molecule has 0 aliphatic carbocycles. The van der Waals surface area contributed by atoms with Crippen molar-refractivity contribution in [3.05, 3.63) is 51.5 Å². The third-order valence-electron chi connectivity index (χ3n) is 2.66. The largest absolute Gasteiger partial charge is 0.288 e. The minimum Gasteiger partial charge on any atom is -0.288 e. The number of carbonyl (C=O) groups excluding carboxylic acids is 2. The third-order valence-corrected chi connectivity index (χ3v) is 4.00. The molecule has 1 aromatic heterocycles. The Morgan fingerprint density at radius 2 is 1.95 bits per heavy atom. The number of halogens is 1. The summed E-state index contributed by atoms with van der Waals surface area (Å²) in [6.45, 7) is 3.13. The number of benzene rings is 1. The Balaban J connectivity index is 2.09. The maximum Gasteiger partial charge on any atom is 0.235 e. The summed E-state index contributed by atoms with van der Waals surface area (Å²) in [4.78, 5) is 27.8. The lowest BCUT2D eigenvalue weighted by Crippen LogP contribution is -2.26. The van der Waals surface area contributed by atoms with E-state index in [4.69, 9.17) is 11.6 Å². The molecule has 0 saturated heterocycles. The van der Waals surface area contributed by atoms with Crippen molar-refractivity contribution in [3.8, 4) is 0 Å². The average molecular weight is 336 g/mol. The fourth-order valence-electron chi connectivity index (χ4n) is 1.64. The smallest absolute Gasteiger partial charge is 0.235 e. The highest BCUT2D eigenvalue weighted by Gasteiger charge is 2.13. The molecule has 0 aliphatic rings. The van der Waals surface area contributed by atoms with E-state index < -0.39 is 0 Å². The predicted molar refractivity (Wildman–Crippen MR) is 89.1 cm³/mol. The van der Waals surface area contributed by atoms with Crippen LogP contribution in [0.1, 0.15) is 27.9 Å². The van der Waals surface area contributed by atoms with Gasteiger partial charge in [-0.2, -0.15) is 0 Å². The van der Waals surface area contributed by atoms with Crippen molar-refractivity contribution in [2.75, 3.05) is 5.43 Å². The molecule has 0 bridgehead atoms. The van der Waals surface area contributed by atoms with Crippen molar-refractivity contribution < 1.29 is 9.59 Å². The number of rotatable bonds is 5. The number of aromatic nitrogens is 1. The summed E-state index contributed by atoms with van der Waals surface area (Å²) in [5.74, 6) is -0.371. The average Bonchev–Trinajstić information content (AvgIpc) is 2.85. The molecule has 1 heterocycles. The van der Waals surface area contributed by atoms with Crippen molar-refractivity contribution >= 4 is 45.8 Å². The lowest BCUT2D eigenvalue weighted by Gasteiger charge is -1.99. The number of allylic oxidation sites excluding steroid dienone is 1. The van der Waals surface area contributed by atoms with Crippen LogP contribution in [-0.4, -0.2) is 16.7 Å². The quantitative estimate of drug-likeness (QED) is 0.498. The molecule has 0 spiro atoms. The van der Waals surface area contributed by atoms with Gasteiger partial charge in [-0.3, -0.25) is 20.4 Å². The second-order valence-electron chi connectivity index (χ2n) is 4.49. The van der Waals surface area contributed by atoms with Gasteiger partial charge >= 0.3 is 0 Å². The number of thiazole rings is 1. The van der Waals surface area contributed by atoms with Gasteiger partial charge < -0.3 is 0 Å². The first kappa shape index (κ1) is 16.2. The molecule has 114 valence electrons. The molecule has 2 rings (SSSR count).